The Hall–Kier alpha value is -0.900. The molecule has 0 fully saturated rings. The number of nitrogens with one attached hydrogen (secondary N) is 1. The van der Waals surface area contributed by atoms with Crippen molar-refractivity contribution < 1.29 is 22.7 Å². The first-order chi connectivity index (χ1) is 8.37. The summed E-state index contributed by atoms with van der Waals surface area (Å²) in [5.41, 5.74) is 0. The van der Waals surface area contributed by atoms with Gasteiger partial charge in [0, 0.05) is 9.77 Å². The molecule has 4 nitrogen and oxygen atoms in total. The molecule has 0 aromatic carbocycles. The Balaban J connectivity index is 2.24. The molecule has 1 heterocycles. The molecule has 0 aliphatic heterocycles. The second kappa shape index (κ2) is 6.88. The number of aromatic nitrogens is 1. The number of carbonyl (C=O) groups is 1. The molecule has 1 aromatic rings. The van der Waals surface area contributed by atoms with Gasteiger partial charge in [-0.05, 0) is 34.7 Å². The van der Waals surface area contributed by atoms with Crippen LogP contribution in [0.15, 0.2) is 18.3 Å². The van der Waals surface area contributed by atoms with Crippen LogP contribution in [0.1, 0.15) is 6.42 Å². The number of rotatable bonds is 5. The van der Waals surface area contributed by atoms with Gasteiger partial charge >= 0.3 is 6.18 Å². The molecule has 1 aromatic heterocycles. The minimum absolute atomic E-state index is 0.149. The Morgan fingerprint density at radius 1 is 1.44 bits per heavy atom. The molecule has 0 saturated heterocycles. The van der Waals surface area contributed by atoms with E-state index in [1.807, 2.05) is 0 Å². The number of ether oxygens (including phenoxy) is 1. The van der Waals surface area contributed by atoms with Gasteiger partial charge in [-0.3, -0.25) is 4.79 Å². The SMILES string of the molecule is O=C(CCOCC(F)(F)F)Nc1ccc(I)cn1. The Bertz CT molecular complexity index is 395. The van der Waals surface area contributed by atoms with Gasteiger partial charge in [-0.25, -0.2) is 4.98 Å². The molecule has 0 unspecified atom stereocenters. The summed E-state index contributed by atoms with van der Waals surface area (Å²) in [6.45, 7) is -1.63. The van der Waals surface area contributed by atoms with Gasteiger partial charge in [-0.2, -0.15) is 13.2 Å². The number of alkyl halides is 3. The zero-order chi connectivity index (χ0) is 13.6. The predicted octanol–water partition coefficient (Wildman–Crippen LogP) is 2.59. The van der Waals surface area contributed by atoms with Crippen LogP contribution in [-0.4, -0.2) is 30.3 Å². The highest BCUT2D eigenvalue weighted by Crippen LogP contribution is 2.14. The van der Waals surface area contributed by atoms with Crippen molar-refractivity contribution in [2.45, 2.75) is 12.6 Å². The molecule has 1 amide bonds. The molecule has 0 atom stereocenters. The molecule has 1 N–H and O–H groups in total. The number of hydrogen-bond acceptors (Lipinski definition) is 3. The zero-order valence-corrected chi connectivity index (χ0v) is 11.3. The number of anilines is 1. The van der Waals surface area contributed by atoms with Crippen LogP contribution in [0.4, 0.5) is 19.0 Å². The first kappa shape index (κ1) is 15.2. The number of carbonyl (C=O) groups excluding carboxylic acids is 1. The van der Waals surface area contributed by atoms with Gasteiger partial charge in [0.05, 0.1) is 13.0 Å². The van der Waals surface area contributed by atoms with E-state index in [-0.39, 0.29) is 13.0 Å². The fourth-order valence-electron chi connectivity index (χ4n) is 1.01. The lowest BCUT2D eigenvalue weighted by Crippen LogP contribution is -2.20. The van der Waals surface area contributed by atoms with E-state index < -0.39 is 18.7 Å². The lowest BCUT2D eigenvalue weighted by Gasteiger charge is -2.07. The van der Waals surface area contributed by atoms with Crippen molar-refractivity contribution in [1.29, 1.82) is 0 Å². The van der Waals surface area contributed by atoms with Crippen LogP contribution in [0.25, 0.3) is 0 Å². The third kappa shape index (κ3) is 6.74. The Labute approximate surface area is 115 Å². The van der Waals surface area contributed by atoms with Gasteiger partial charge in [0.15, 0.2) is 0 Å². The average molecular weight is 374 g/mol. The van der Waals surface area contributed by atoms with Crippen molar-refractivity contribution >= 4 is 34.3 Å². The van der Waals surface area contributed by atoms with Gasteiger partial charge in [0.1, 0.15) is 12.4 Å². The van der Waals surface area contributed by atoms with Crippen molar-refractivity contribution in [3.05, 3.63) is 21.9 Å². The van der Waals surface area contributed by atoms with Crippen molar-refractivity contribution in [2.24, 2.45) is 0 Å². The van der Waals surface area contributed by atoms with E-state index in [1.165, 1.54) is 0 Å². The van der Waals surface area contributed by atoms with E-state index in [4.69, 9.17) is 0 Å². The van der Waals surface area contributed by atoms with Gasteiger partial charge in [-0.1, -0.05) is 0 Å². The first-order valence-electron chi connectivity index (χ1n) is 4.93. The number of halogens is 4. The van der Waals surface area contributed by atoms with Crippen LogP contribution in [-0.2, 0) is 9.53 Å². The lowest BCUT2D eigenvalue weighted by molar-refractivity contribution is -0.174. The normalized spacial score (nSPS) is 11.3. The van der Waals surface area contributed by atoms with Crippen molar-refractivity contribution in [3.63, 3.8) is 0 Å². The molecular weight excluding hydrogens is 364 g/mol. The molecule has 0 bridgehead atoms. The van der Waals surface area contributed by atoms with Crippen LogP contribution in [0, 0.1) is 3.57 Å². The molecular formula is C10H10F3IN2O2. The monoisotopic (exact) mass is 374 g/mol. The number of hydrogen-bond donors (Lipinski definition) is 1. The summed E-state index contributed by atoms with van der Waals surface area (Å²) >= 11 is 2.06. The van der Waals surface area contributed by atoms with Gasteiger partial charge in [-0.15, -0.1) is 0 Å². The molecule has 0 aliphatic carbocycles. The topological polar surface area (TPSA) is 51.2 Å². The van der Waals surface area contributed by atoms with Gasteiger partial charge < -0.3 is 10.1 Å². The summed E-state index contributed by atoms with van der Waals surface area (Å²) in [6, 6.07) is 3.36. The quantitative estimate of drug-likeness (QED) is 0.637. The van der Waals surface area contributed by atoms with E-state index in [9.17, 15) is 18.0 Å². The fourth-order valence-corrected chi connectivity index (χ4v) is 1.33. The first-order valence-corrected chi connectivity index (χ1v) is 6.00. The number of nitrogens with zero attached hydrogens (tertiary/aromatic N) is 1. The fraction of sp³-hybridized carbons (Fsp3) is 0.400. The molecule has 0 saturated carbocycles. The largest absolute Gasteiger partial charge is 0.411 e. The maximum Gasteiger partial charge on any atom is 0.411 e. The molecule has 0 spiro atoms. The lowest BCUT2D eigenvalue weighted by atomic mass is 10.4. The molecule has 0 aliphatic rings. The van der Waals surface area contributed by atoms with Crippen LogP contribution < -0.4 is 5.32 Å². The highest BCUT2D eigenvalue weighted by molar-refractivity contribution is 14.1. The summed E-state index contributed by atoms with van der Waals surface area (Å²) in [5, 5.41) is 2.45. The van der Waals surface area contributed by atoms with Crippen LogP contribution in [0.3, 0.4) is 0 Å². The minimum Gasteiger partial charge on any atom is -0.372 e. The molecule has 8 heteroatoms. The maximum atomic E-state index is 11.7. The van der Waals surface area contributed by atoms with Gasteiger partial charge in [0.25, 0.3) is 0 Å². The number of amides is 1. The summed E-state index contributed by atoms with van der Waals surface area (Å²) in [4.78, 5) is 15.2. The third-order valence-electron chi connectivity index (χ3n) is 1.73. The Kier molecular flexibility index (Phi) is 5.79. The van der Waals surface area contributed by atoms with Crippen molar-refractivity contribution in [2.75, 3.05) is 18.5 Å². The molecule has 0 radical (unpaired) electrons. The molecule has 1 rings (SSSR count). The molecule has 100 valence electrons. The smallest absolute Gasteiger partial charge is 0.372 e. The second-order valence-corrected chi connectivity index (χ2v) is 4.57. The summed E-state index contributed by atoms with van der Waals surface area (Å²) in [7, 11) is 0. The van der Waals surface area contributed by atoms with Crippen molar-refractivity contribution in [3.8, 4) is 0 Å². The summed E-state index contributed by atoms with van der Waals surface area (Å²) < 4.78 is 40.4. The van der Waals surface area contributed by atoms with Crippen LogP contribution in [0.5, 0.6) is 0 Å². The van der Waals surface area contributed by atoms with Crippen LogP contribution in [0.2, 0.25) is 0 Å². The highest BCUT2D eigenvalue weighted by Gasteiger charge is 2.27. The third-order valence-corrected chi connectivity index (χ3v) is 2.37. The van der Waals surface area contributed by atoms with Gasteiger partial charge in [0.2, 0.25) is 5.91 Å². The van der Waals surface area contributed by atoms with Crippen molar-refractivity contribution in [1.82, 2.24) is 4.98 Å². The van der Waals surface area contributed by atoms with E-state index in [1.54, 1.807) is 18.3 Å². The van der Waals surface area contributed by atoms with E-state index in [2.05, 4.69) is 37.6 Å². The minimum atomic E-state index is -4.37. The average Bonchev–Trinajstić information content (AvgIpc) is 2.26. The highest BCUT2D eigenvalue weighted by atomic mass is 127. The Morgan fingerprint density at radius 3 is 2.72 bits per heavy atom. The standard InChI is InChI=1S/C10H10F3IN2O2/c11-10(12,13)6-18-4-3-9(17)16-8-2-1-7(14)5-15-8/h1-2,5H,3-4,6H2,(H,15,16,17). The zero-order valence-electron chi connectivity index (χ0n) is 9.13. The number of pyridine rings is 1. The summed E-state index contributed by atoms with van der Waals surface area (Å²) in [5.74, 6) is -0.0814. The van der Waals surface area contributed by atoms with E-state index >= 15 is 0 Å². The van der Waals surface area contributed by atoms with E-state index in [0.29, 0.717) is 5.82 Å². The second-order valence-electron chi connectivity index (χ2n) is 3.33. The Morgan fingerprint density at radius 2 is 2.17 bits per heavy atom. The predicted molar refractivity (Wildman–Crippen MR) is 67.1 cm³/mol. The molecule has 18 heavy (non-hydrogen) atoms. The maximum absolute atomic E-state index is 11.7. The summed E-state index contributed by atoms with van der Waals surface area (Å²) in [6.07, 6.45) is -2.95. The van der Waals surface area contributed by atoms with E-state index in [0.717, 1.165) is 3.57 Å². The van der Waals surface area contributed by atoms with Crippen LogP contribution >= 0.6 is 22.6 Å².